The number of carbonyl (C=O) groups is 1. The number of nitrogens with one attached hydrogen (secondary N) is 2. The molecule has 2 aromatic rings. The van der Waals surface area contributed by atoms with Gasteiger partial charge in [-0.05, 0) is 13.3 Å². The minimum Gasteiger partial charge on any atom is -0.344 e. The van der Waals surface area contributed by atoms with Gasteiger partial charge in [-0.25, -0.2) is 9.97 Å². The van der Waals surface area contributed by atoms with Crippen molar-refractivity contribution >= 4 is 17.2 Å². The predicted octanol–water partition coefficient (Wildman–Crippen LogP) is 3.18. The van der Waals surface area contributed by atoms with Crippen LogP contribution in [0.2, 0.25) is 0 Å². The van der Waals surface area contributed by atoms with E-state index in [0.717, 1.165) is 22.9 Å². The first-order chi connectivity index (χ1) is 9.51. The van der Waals surface area contributed by atoms with Gasteiger partial charge in [0.2, 0.25) is 0 Å². The second-order valence-electron chi connectivity index (χ2n) is 5.11. The molecule has 0 aliphatic rings. The van der Waals surface area contributed by atoms with Gasteiger partial charge in [-0.15, -0.1) is 11.3 Å². The Morgan fingerprint density at radius 1 is 1.50 bits per heavy atom. The number of aromatic nitrogens is 3. The predicted molar refractivity (Wildman–Crippen MR) is 80.0 cm³/mol. The molecule has 5 nitrogen and oxygen atoms in total. The molecule has 6 heteroatoms. The van der Waals surface area contributed by atoms with Crippen molar-refractivity contribution in [3.8, 4) is 0 Å². The number of H-pyrrole nitrogens is 1. The summed E-state index contributed by atoms with van der Waals surface area (Å²) < 4.78 is 0. The number of carbonyl (C=O) groups excluding carboxylic acids is 1. The Morgan fingerprint density at radius 3 is 2.75 bits per heavy atom. The van der Waals surface area contributed by atoms with E-state index < -0.39 is 0 Å². The second kappa shape index (κ2) is 6.17. The smallest absolute Gasteiger partial charge is 0.271 e. The van der Waals surface area contributed by atoms with Crippen LogP contribution in [0.25, 0.3) is 0 Å². The van der Waals surface area contributed by atoms with Crippen molar-refractivity contribution in [3.05, 3.63) is 33.8 Å². The molecule has 0 unspecified atom stereocenters. The van der Waals surface area contributed by atoms with Gasteiger partial charge in [0, 0.05) is 23.2 Å². The molecule has 0 fully saturated rings. The molecule has 1 amide bonds. The molecule has 0 aliphatic carbocycles. The minimum atomic E-state index is -0.144. The van der Waals surface area contributed by atoms with Crippen LogP contribution in [-0.4, -0.2) is 20.9 Å². The molecule has 0 aliphatic heterocycles. The Hall–Kier alpha value is -1.69. The van der Waals surface area contributed by atoms with Crippen LogP contribution in [0.4, 0.5) is 0 Å². The molecule has 2 heterocycles. The molecule has 2 N–H and O–H groups in total. The molecule has 108 valence electrons. The van der Waals surface area contributed by atoms with Gasteiger partial charge < -0.3 is 10.3 Å². The van der Waals surface area contributed by atoms with Gasteiger partial charge in [-0.3, -0.25) is 4.79 Å². The molecule has 0 bridgehead atoms. The second-order valence-corrected chi connectivity index (χ2v) is 6.00. The Labute approximate surface area is 122 Å². The molecule has 2 rings (SSSR count). The highest BCUT2D eigenvalue weighted by Gasteiger charge is 2.19. The molecule has 20 heavy (non-hydrogen) atoms. The number of aryl methyl sites for hydroxylation is 1. The summed E-state index contributed by atoms with van der Waals surface area (Å²) in [5, 5.41) is 5.77. The first kappa shape index (κ1) is 14.7. The van der Waals surface area contributed by atoms with Crippen molar-refractivity contribution in [1.29, 1.82) is 0 Å². The lowest BCUT2D eigenvalue weighted by molar-refractivity contribution is 0.0929. The molecule has 0 saturated carbocycles. The third-order valence-corrected chi connectivity index (χ3v) is 4.16. The normalized spacial score (nSPS) is 12.7. The summed E-state index contributed by atoms with van der Waals surface area (Å²) in [6, 6.07) is -0.111. The van der Waals surface area contributed by atoms with Gasteiger partial charge in [-0.1, -0.05) is 20.8 Å². The maximum absolute atomic E-state index is 12.2. The van der Waals surface area contributed by atoms with Gasteiger partial charge in [0.1, 0.15) is 11.5 Å². The molecule has 0 aromatic carbocycles. The molecular formula is C14H20N4OS. The van der Waals surface area contributed by atoms with Crippen molar-refractivity contribution in [2.24, 2.45) is 0 Å². The summed E-state index contributed by atoms with van der Waals surface area (Å²) in [5.74, 6) is 0.989. The van der Waals surface area contributed by atoms with E-state index in [9.17, 15) is 4.79 Å². The number of hydrogen-bond donors (Lipinski definition) is 2. The number of thiazole rings is 1. The fraction of sp³-hybridized carbons (Fsp3) is 0.500. The third kappa shape index (κ3) is 3.25. The van der Waals surface area contributed by atoms with Crippen LogP contribution in [-0.2, 0) is 0 Å². The van der Waals surface area contributed by atoms with E-state index in [1.807, 2.05) is 19.2 Å². The van der Waals surface area contributed by atoms with E-state index >= 15 is 0 Å². The molecule has 1 atom stereocenters. The molecule has 0 radical (unpaired) electrons. The lowest BCUT2D eigenvalue weighted by atomic mass is 10.2. The fourth-order valence-corrected chi connectivity index (χ4v) is 2.68. The molecule has 2 aromatic heterocycles. The van der Waals surface area contributed by atoms with E-state index in [-0.39, 0.29) is 11.9 Å². The van der Waals surface area contributed by atoms with E-state index in [0.29, 0.717) is 11.6 Å². The highest BCUT2D eigenvalue weighted by atomic mass is 32.1. The fourth-order valence-electron chi connectivity index (χ4n) is 1.86. The number of rotatable bonds is 5. The van der Waals surface area contributed by atoms with Crippen LogP contribution in [0.15, 0.2) is 11.6 Å². The number of aromatic amines is 1. The Morgan fingerprint density at radius 2 is 2.25 bits per heavy atom. The summed E-state index contributed by atoms with van der Waals surface area (Å²) in [4.78, 5) is 24.0. The van der Waals surface area contributed by atoms with Crippen LogP contribution < -0.4 is 5.32 Å². The Balaban J connectivity index is 2.08. The van der Waals surface area contributed by atoms with Crippen molar-refractivity contribution in [2.45, 2.75) is 46.1 Å². The van der Waals surface area contributed by atoms with Crippen molar-refractivity contribution in [3.63, 3.8) is 0 Å². The van der Waals surface area contributed by atoms with Gasteiger partial charge in [0.05, 0.1) is 11.0 Å². The van der Waals surface area contributed by atoms with Crippen LogP contribution in [0.1, 0.15) is 66.2 Å². The standard InChI is InChI=1S/C14H20N4OS/c1-5-10(12-15-6-9(4)16-12)17-13(19)11-7-20-14(18-11)8(2)3/h6-8,10H,5H2,1-4H3,(H,15,16)(H,17,19)/t10-/m1/s1. The Bertz CT molecular complexity index is 588. The molecule has 0 spiro atoms. The van der Waals surface area contributed by atoms with Crippen molar-refractivity contribution in [1.82, 2.24) is 20.3 Å². The first-order valence-corrected chi connectivity index (χ1v) is 7.67. The zero-order valence-corrected chi connectivity index (χ0v) is 13.0. The van der Waals surface area contributed by atoms with Crippen molar-refractivity contribution in [2.75, 3.05) is 0 Å². The van der Waals surface area contributed by atoms with E-state index in [2.05, 4.69) is 34.1 Å². The van der Waals surface area contributed by atoms with E-state index in [1.165, 1.54) is 11.3 Å². The average Bonchev–Trinajstić information content (AvgIpc) is 3.04. The summed E-state index contributed by atoms with van der Waals surface area (Å²) in [6.07, 6.45) is 2.55. The molecule has 0 saturated heterocycles. The zero-order chi connectivity index (χ0) is 14.7. The summed E-state index contributed by atoms with van der Waals surface area (Å²) in [7, 11) is 0. The van der Waals surface area contributed by atoms with Gasteiger partial charge in [0.15, 0.2) is 0 Å². The zero-order valence-electron chi connectivity index (χ0n) is 12.2. The van der Waals surface area contributed by atoms with Crippen molar-refractivity contribution < 1.29 is 4.79 Å². The Kier molecular flexibility index (Phi) is 4.54. The van der Waals surface area contributed by atoms with Crippen LogP contribution in [0.3, 0.4) is 0 Å². The highest BCUT2D eigenvalue weighted by Crippen LogP contribution is 2.20. The first-order valence-electron chi connectivity index (χ1n) is 6.79. The summed E-state index contributed by atoms with van der Waals surface area (Å²) in [5.41, 5.74) is 1.48. The number of imidazole rings is 1. The number of hydrogen-bond acceptors (Lipinski definition) is 4. The summed E-state index contributed by atoms with van der Waals surface area (Å²) >= 11 is 1.53. The lowest BCUT2D eigenvalue weighted by Gasteiger charge is -2.13. The van der Waals surface area contributed by atoms with Crippen LogP contribution in [0.5, 0.6) is 0 Å². The topological polar surface area (TPSA) is 70.7 Å². The average molecular weight is 292 g/mol. The van der Waals surface area contributed by atoms with E-state index in [1.54, 1.807) is 6.20 Å². The monoisotopic (exact) mass is 292 g/mol. The van der Waals surface area contributed by atoms with Gasteiger partial charge in [-0.2, -0.15) is 0 Å². The number of nitrogens with zero attached hydrogens (tertiary/aromatic N) is 2. The summed E-state index contributed by atoms with van der Waals surface area (Å²) in [6.45, 7) is 8.10. The largest absolute Gasteiger partial charge is 0.344 e. The quantitative estimate of drug-likeness (QED) is 0.889. The maximum Gasteiger partial charge on any atom is 0.271 e. The van der Waals surface area contributed by atoms with E-state index in [4.69, 9.17) is 0 Å². The number of amides is 1. The van der Waals surface area contributed by atoms with Gasteiger partial charge >= 0.3 is 0 Å². The SMILES string of the molecule is CC[C@@H](NC(=O)c1csc(C(C)C)n1)c1ncc(C)[nH]1. The lowest BCUT2D eigenvalue weighted by Crippen LogP contribution is -2.29. The molecular weight excluding hydrogens is 272 g/mol. The van der Waals surface area contributed by atoms with Gasteiger partial charge in [0.25, 0.3) is 5.91 Å². The minimum absolute atomic E-state index is 0.111. The van der Waals surface area contributed by atoms with Crippen LogP contribution in [0, 0.1) is 6.92 Å². The maximum atomic E-state index is 12.2. The highest BCUT2D eigenvalue weighted by molar-refractivity contribution is 7.09. The third-order valence-electron chi connectivity index (χ3n) is 3.01. The van der Waals surface area contributed by atoms with Crippen LogP contribution >= 0.6 is 11.3 Å².